The van der Waals surface area contributed by atoms with Crippen molar-refractivity contribution in [3.05, 3.63) is 47.0 Å². The van der Waals surface area contributed by atoms with Gasteiger partial charge < -0.3 is 10.3 Å². The van der Waals surface area contributed by atoms with Gasteiger partial charge in [-0.25, -0.2) is 4.98 Å². The minimum atomic E-state index is -0.214. The van der Waals surface area contributed by atoms with Gasteiger partial charge in [0.05, 0.1) is 10.7 Å². The Bertz CT molecular complexity index is 563. The average Bonchev–Trinajstić information content (AvgIpc) is 2.80. The summed E-state index contributed by atoms with van der Waals surface area (Å²) in [6, 6.07) is 5.01. The van der Waals surface area contributed by atoms with Gasteiger partial charge in [-0.15, -0.1) is 0 Å². The quantitative estimate of drug-likeness (QED) is 0.671. The van der Waals surface area contributed by atoms with Crippen molar-refractivity contribution >= 4 is 23.1 Å². The van der Waals surface area contributed by atoms with Crippen molar-refractivity contribution in [2.75, 3.05) is 5.73 Å². The number of anilines is 1. The Morgan fingerprint density at radius 1 is 1.53 bits per heavy atom. The van der Waals surface area contributed by atoms with Gasteiger partial charge in [-0.3, -0.25) is 4.79 Å². The maximum atomic E-state index is 12.2. The summed E-state index contributed by atoms with van der Waals surface area (Å²) >= 11 is 6.02. The molecule has 0 saturated heterocycles. The number of halogens is 1. The van der Waals surface area contributed by atoms with Crippen molar-refractivity contribution in [1.82, 2.24) is 9.55 Å². The normalized spacial score (nSPS) is 10.5. The van der Waals surface area contributed by atoms with E-state index in [0.717, 1.165) is 0 Å². The molecule has 1 aromatic heterocycles. The van der Waals surface area contributed by atoms with Crippen LogP contribution in [0.4, 0.5) is 5.69 Å². The van der Waals surface area contributed by atoms with Gasteiger partial charge in [0, 0.05) is 24.5 Å². The van der Waals surface area contributed by atoms with E-state index < -0.39 is 0 Å². The number of aryl methyl sites for hydroxylation is 1. The van der Waals surface area contributed by atoms with Crippen molar-refractivity contribution in [1.29, 1.82) is 0 Å². The van der Waals surface area contributed by atoms with Crippen LogP contribution in [0.5, 0.6) is 0 Å². The van der Waals surface area contributed by atoms with E-state index in [-0.39, 0.29) is 10.8 Å². The van der Waals surface area contributed by atoms with E-state index in [1.807, 2.05) is 6.92 Å². The number of carbonyl (C=O) groups is 1. The molecule has 0 aliphatic rings. The SMILES string of the molecule is CCn1ccnc1C(=O)c1cccc(N)c1Cl. The zero-order valence-electron chi connectivity index (χ0n) is 9.35. The zero-order chi connectivity index (χ0) is 12.4. The fourth-order valence-electron chi connectivity index (χ4n) is 1.62. The first-order valence-electron chi connectivity index (χ1n) is 5.25. The molecule has 17 heavy (non-hydrogen) atoms. The maximum Gasteiger partial charge on any atom is 0.230 e. The molecule has 0 aliphatic heterocycles. The Balaban J connectivity index is 2.48. The monoisotopic (exact) mass is 249 g/mol. The predicted molar refractivity (Wildman–Crippen MR) is 67.2 cm³/mol. The topological polar surface area (TPSA) is 60.9 Å². The van der Waals surface area contributed by atoms with E-state index in [0.29, 0.717) is 23.6 Å². The molecule has 5 heteroatoms. The number of nitrogens with two attached hydrogens (primary N) is 1. The van der Waals surface area contributed by atoms with Crippen molar-refractivity contribution in [3.63, 3.8) is 0 Å². The molecule has 0 fully saturated rings. The first kappa shape index (κ1) is 11.7. The van der Waals surface area contributed by atoms with Gasteiger partial charge in [0.15, 0.2) is 5.82 Å². The van der Waals surface area contributed by atoms with Crippen LogP contribution < -0.4 is 5.73 Å². The lowest BCUT2D eigenvalue weighted by atomic mass is 10.1. The summed E-state index contributed by atoms with van der Waals surface area (Å²) in [5, 5.41) is 0.281. The Morgan fingerprint density at radius 3 is 3.00 bits per heavy atom. The number of hydrogen-bond donors (Lipinski definition) is 1. The van der Waals surface area contributed by atoms with Gasteiger partial charge in [-0.05, 0) is 19.1 Å². The second-order valence-electron chi connectivity index (χ2n) is 3.57. The predicted octanol–water partition coefficient (Wildman–Crippen LogP) is 2.37. The molecule has 1 heterocycles. The van der Waals surface area contributed by atoms with Crippen LogP contribution in [-0.4, -0.2) is 15.3 Å². The third kappa shape index (κ3) is 2.03. The second kappa shape index (κ2) is 4.59. The van der Waals surface area contributed by atoms with Crippen LogP contribution in [0.2, 0.25) is 5.02 Å². The molecule has 0 aliphatic carbocycles. The molecule has 0 amide bonds. The fourth-order valence-corrected chi connectivity index (χ4v) is 1.83. The maximum absolute atomic E-state index is 12.2. The van der Waals surface area contributed by atoms with Crippen molar-refractivity contribution in [2.24, 2.45) is 0 Å². The Hall–Kier alpha value is -1.81. The van der Waals surface area contributed by atoms with Gasteiger partial charge in [-0.1, -0.05) is 17.7 Å². The molecule has 2 aromatic rings. The number of nitrogens with zero attached hydrogens (tertiary/aromatic N) is 2. The van der Waals surface area contributed by atoms with Gasteiger partial charge in [0.25, 0.3) is 0 Å². The van der Waals surface area contributed by atoms with Crippen LogP contribution in [0.25, 0.3) is 0 Å². The van der Waals surface area contributed by atoms with E-state index in [2.05, 4.69) is 4.98 Å². The van der Waals surface area contributed by atoms with E-state index in [4.69, 9.17) is 17.3 Å². The summed E-state index contributed by atoms with van der Waals surface area (Å²) < 4.78 is 1.77. The molecule has 4 nitrogen and oxygen atoms in total. The molecule has 2 N–H and O–H groups in total. The highest BCUT2D eigenvalue weighted by Crippen LogP contribution is 2.24. The number of nitrogen functional groups attached to an aromatic ring is 1. The van der Waals surface area contributed by atoms with Crippen molar-refractivity contribution in [2.45, 2.75) is 13.5 Å². The minimum absolute atomic E-state index is 0.214. The summed E-state index contributed by atoms with van der Waals surface area (Å²) in [5.41, 5.74) is 6.45. The first-order valence-corrected chi connectivity index (χ1v) is 5.62. The van der Waals surface area contributed by atoms with Crippen LogP contribution in [0.1, 0.15) is 23.1 Å². The highest BCUT2D eigenvalue weighted by Gasteiger charge is 2.18. The molecule has 88 valence electrons. The van der Waals surface area contributed by atoms with Crippen LogP contribution in [-0.2, 0) is 6.54 Å². The number of hydrogen-bond acceptors (Lipinski definition) is 3. The second-order valence-corrected chi connectivity index (χ2v) is 3.95. The summed E-state index contributed by atoms with van der Waals surface area (Å²) in [6.45, 7) is 2.63. The van der Waals surface area contributed by atoms with E-state index in [9.17, 15) is 4.79 Å². The number of aromatic nitrogens is 2. The fraction of sp³-hybridized carbons (Fsp3) is 0.167. The van der Waals surface area contributed by atoms with E-state index >= 15 is 0 Å². The Morgan fingerprint density at radius 2 is 2.29 bits per heavy atom. The van der Waals surface area contributed by atoms with Crippen LogP contribution in [0.15, 0.2) is 30.6 Å². The van der Waals surface area contributed by atoms with Gasteiger partial charge in [0.1, 0.15) is 0 Å². The molecule has 0 saturated carbocycles. The molecular formula is C12H12ClN3O. The molecule has 0 radical (unpaired) electrons. The molecule has 2 rings (SSSR count). The summed E-state index contributed by atoms with van der Waals surface area (Å²) in [4.78, 5) is 16.3. The standard InChI is InChI=1S/C12H12ClN3O/c1-2-16-7-6-15-12(16)11(17)8-4-3-5-9(14)10(8)13/h3-7H,2,14H2,1H3. The third-order valence-corrected chi connectivity index (χ3v) is 2.95. The van der Waals surface area contributed by atoms with Crippen molar-refractivity contribution < 1.29 is 4.79 Å². The lowest BCUT2D eigenvalue weighted by molar-refractivity contribution is 0.102. The largest absolute Gasteiger partial charge is 0.398 e. The van der Waals surface area contributed by atoms with Crippen LogP contribution in [0, 0.1) is 0 Å². The number of benzene rings is 1. The van der Waals surface area contributed by atoms with Gasteiger partial charge >= 0.3 is 0 Å². The van der Waals surface area contributed by atoms with E-state index in [1.165, 1.54) is 0 Å². The summed E-state index contributed by atoms with van der Waals surface area (Å²) in [7, 11) is 0. The van der Waals surface area contributed by atoms with Crippen LogP contribution >= 0.6 is 11.6 Å². The van der Waals surface area contributed by atoms with Gasteiger partial charge in [0.2, 0.25) is 5.78 Å². The van der Waals surface area contributed by atoms with Gasteiger partial charge in [-0.2, -0.15) is 0 Å². The van der Waals surface area contributed by atoms with E-state index in [1.54, 1.807) is 35.2 Å². The van der Waals surface area contributed by atoms with Crippen molar-refractivity contribution in [3.8, 4) is 0 Å². The number of ketones is 1. The lowest BCUT2D eigenvalue weighted by Gasteiger charge is -2.06. The Labute approximate surface area is 104 Å². The first-order chi connectivity index (χ1) is 8.15. The third-order valence-electron chi connectivity index (χ3n) is 2.53. The highest BCUT2D eigenvalue weighted by atomic mass is 35.5. The number of imidazole rings is 1. The molecule has 0 spiro atoms. The zero-order valence-corrected chi connectivity index (χ0v) is 10.1. The highest BCUT2D eigenvalue weighted by molar-refractivity contribution is 6.37. The molecule has 1 aromatic carbocycles. The smallest absolute Gasteiger partial charge is 0.230 e. The molecule has 0 atom stereocenters. The lowest BCUT2D eigenvalue weighted by Crippen LogP contribution is -2.11. The molecule has 0 unspecified atom stereocenters. The number of rotatable bonds is 3. The van der Waals surface area contributed by atoms with Crippen LogP contribution in [0.3, 0.4) is 0 Å². The molecular weight excluding hydrogens is 238 g/mol. The summed E-state index contributed by atoms with van der Waals surface area (Å²) in [5.74, 6) is 0.161. The average molecular weight is 250 g/mol. The molecule has 0 bridgehead atoms. The number of carbonyl (C=O) groups excluding carboxylic acids is 1. The summed E-state index contributed by atoms with van der Waals surface area (Å²) in [6.07, 6.45) is 3.35. The minimum Gasteiger partial charge on any atom is -0.398 e. The Kier molecular flexibility index (Phi) is 3.15.